The summed E-state index contributed by atoms with van der Waals surface area (Å²) in [5, 5.41) is 0. The molecule has 0 aromatic heterocycles. The lowest BCUT2D eigenvalue weighted by Crippen LogP contribution is -2.56. The van der Waals surface area contributed by atoms with Gasteiger partial charge in [0.05, 0.1) is 6.61 Å². The number of ether oxygens (including phenoxy) is 1. The normalized spacial score (nSPS) is 30.8. The molecule has 0 heterocycles. The molecule has 2 fully saturated rings. The maximum atomic E-state index is 6.14. The lowest BCUT2D eigenvalue weighted by Gasteiger charge is -2.49. The van der Waals surface area contributed by atoms with Crippen LogP contribution in [0.2, 0.25) is 0 Å². The van der Waals surface area contributed by atoms with Gasteiger partial charge in [-0.15, -0.1) is 0 Å². The van der Waals surface area contributed by atoms with Gasteiger partial charge in [-0.3, -0.25) is 4.90 Å². The molecule has 0 aromatic carbocycles. The maximum Gasteiger partial charge on any atom is 0.0593 e. The van der Waals surface area contributed by atoms with Gasteiger partial charge in [0.25, 0.3) is 0 Å². The standard InChI is InChI=1S/C16H32N2O/c1-15(2)7-4-8-16(12-15,13-17)18(3)9-10-19-11-14-5-6-14/h14H,4-13,17H2,1-3H3. The second-order valence-electron chi connectivity index (χ2n) is 7.56. The third-order valence-corrected chi connectivity index (χ3v) is 5.11. The maximum absolute atomic E-state index is 6.14. The lowest BCUT2D eigenvalue weighted by atomic mass is 9.67. The van der Waals surface area contributed by atoms with Gasteiger partial charge in [0.2, 0.25) is 0 Å². The first-order chi connectivity index (χ1) is 8.97. The fraction of sp³-hybridized carbons (Fsp3) is 1.00. The average Bonchev–Trinajstić information content (AvgIpc) is 3.17. The molecule has 2 N–H and O–H groups in total. The Bertz CT molecular complexity index is 288. The van der Waals surface area contributed by atoms with Crippen LogP contribution in [0, 0.1) is 11.3 Å². The molecule has 1 unspecified atom stereocenters. The Labute approximate surface area is 118 Å². The van der Waals surface area contributed by atoms with Crippen molar-refractivity contribution >= 4 is 0 Å². The zero-order chi connectivity index (χ0) is 13.9. The zero-order valence-electron chi connectivity index (χ0n) is 13.1. The minimum atomic E-state index is 0.199. The third kappa shape index (κ3) is 4.17. The number of nitrogens with two attached hydrogens (primary N) is 1. The minimum absolute atomic E-state index is 0.199. The Hall–Kier alpha value is -0.120. The van der Waals surface area contributed by atoms with Crippen molar-refractivity contribution in [2.24, 2.45) is 17.1 Å². The van der Waals surface area contributed by atoms with Gasteiger partial charge in [-0.2, -0.15) is 0 Å². The smallest absolute Gasteiger partial charge is 0.0593 e. The zero-order valence-corrected chi connectivity index (χ0v) is 13.1. The van der Waals surface area contributed by atoms with Crippen molar-refractivity contribution in [3.8, 4) is 0 Å². The molecule has 2 aliphatic rings. The van der Waals surface area contributed by atoms with Crippen molar-refractivity contribution in [3.63, 3.8) is 0 Å². The molecular weight excluding hydrogens is 236 g/mol. The van der Waals surface area contributed by atoms with E-state index >= 15 is 0 Å². The van der Waals surface area contributed by atoms with Crippen LogP contribution in [0.15, 0.2) is 0 Å². The molecule has 3 nitrogen and oxygen atoms in total. The van der Waals surface area contributed by atoms with Crippen molar-refractivity contribution in [2.75, 3.05) is 33.4 Å². The Balaban J connectivity index is 1.80. The molecule has 2 rings (SSSR count). The summed E-state index contributed by atoms with van der Waals surface area (Å²) < 4.78 is 5.78. The summed E-state index contributed by atoms with van der Waals surface area (Å²) in [5.74, 6) is 0.863. The minimum Gasteiger partial charge on any atom is -0.380 e. The van der Waals surface area contributed by atoms with E-state index in [1.807, 2.05) is 0 Å². The van der Waals surface area contributed by atoms with Gasteiger partial charge in [0.15, 0.2) is 0 Å². The molecule has 0 saturated heterocycles. The highest BCUT2D eigenvalue weighted by molar-refractivity contribution is 4.98. The molecule has 2 aliphatic carbocycles. The molecule has 0 spiro atoms. The molecule has 112 valence electrons. The molecule has 1 atom stereocenters. The summed E-state index contributed by atoms with van der Waals surface area (Å²) >= 11 is 0. The summed E-state index contributed by atoms with van der Waals surface area (Å²) in [4.78, 5) is 2.47. The molecule has 0 radical (unpaired) electrons. The highest BCUT2D eigenvalue weighted by Gasteiger charge is 2.41. The van der Waals surface area contributed by atoms with Crippen molar-refractivity contribution in [2.45, 2.75) is 57.9 Å². The van der Waals surface area contributed by atoms with Crippen LogP contribution in [0.4, 0.5) is 0 Å². The first-order valence-corrected chi connectivity index (χ1v) is 7.97. The van der Waals surface area contributed by atoms with Crippen LogP contribution in [-0.4, -0.2) is 43.8 Å². The SMILES string of the molecule is CN(CCOCC1CC1)C1(CN)CCCC(C)(C)C1. The van der Waals surface area contributed by atoms with Gasteiger partial charge < -0.3 is 10.5 Å². The molecule has 19 heavy (non-hydrogen) atoms. The van der Waals surface area contributed by atoms with E-state index in [1.54, 1.807) is 0 Å². The van der Waals surface area contributed by atoms with Crippen LogP contribution in [0.1, 0.15) is 52.4 Å². The molecule has 0 aromatic rings. The number of hydrogen-bond acceptors (Lipinski definition) is 3. The quantitative estimate of drug-likeness (QED) is 0.721. The highest BCUT2D eigenvalue weighted by Crippen LogP contribution is 2.43. The van der Waals surface area contributed by atoms with Crippen molar-refractivity contribution in [1.29, 1.82) is 0 Å². The van der Waals surface area contributed by atoms with Crippen LogP contribution in [0.5, 0.6) is 0 Å². The van der Waals surface area contributed by atoms with E-state index in [9.17, 15) is 0 Å². The van der Waals surface area contributed by atoms with Crippen LogP contribution >= 0.6 is 0 Å². The van der Waals surface area contributed by atoms with Gasteiger partial charge in [-0.1, -0.05) is 20.3 Å². The van der Waals surface area contributed by atoms with E-state index in [4.69, 9.17) is 10.5 Å². The van der Waals surface area contributed by atoms with Gasteiger partial charge in [0, 0.05) is 25.2 Å². The van der Waals surface area contributed by atoms with Crippen LogP contribution in [-0.2, 0) is 4.74 Å². The number of nitrogens with zero attached hydrogens (tertiary/aromatic N) is 1. The topological polar surface area (TPSA) is 38.5 Å². The predicted octanol–water partition coefficient (Wildman–Crippen LogP) is 2.64. The monoisotopic (exact) mass is 268 g/mol. The van der Waals surface area contributed by atoms with Gasteiger partial charge in [-0.05, 0) is 50.5 Å². The lowest BCUT2D eigenvalue weighted by molar-refractivity contribution is 0.00586. The van der Waals surface area contributed by atoms with Crippen LogP contribution in [0.25, 0.3) is 0 Å². The van der Waals surface area contributed by atoms with Gasteiger partial charge >= 0.3 is 0 Å². The summed E-state index contributed by atoms with van der Waals surface area (Å²) in [7, 11) is 2.23. The average molecular weight is 268 g/mol. The van der Waals surface area contributed by atoms with Crippen molar-refractivity contribution in [1.82, 2.24) is 4.90 Å². The molecule has 0 bridgehead atoms. The van der Waals surface area contributed by atoms with Gasteiger partial charge in [-0.25, -0.2) is 0 Å². The Kier molecular flexibility index (Phi) is 4.91. The van der Waals surface area contributed by atoms with Crippen molar-refractivity contribution in [3.05, 3.63) is 0 Å². The van der Waals surface area contributed by atoms with E-state index in [1.165, 1.54) is 38.5 Å². The second-order valence-corrected chi connectivity index (χ2v) is 7.56. The van der Waals surface area contributed by atoms with E-state index in [-0.39, 0.29) is 5.54 Å². The number of rotatable bonds is 7. The first kappa shape index (κ1) is 15.3. The Morgan fingerprint density at radius 2 is 2.00 bits per heavy atom. The van der Waals surface area contributed by atoms with Crippen LogP contribution in [0.3, 0.4) is 0 Å². The van der Waals surface area contributed by atoms with Crippen molar-refractivity contribution < 1.29 is 4.74 Å². The first-order valence-electron chi connectivity index (χ1n) is 7.97. The van der Waals surface area contributed by atoms with E-state index < -0.39 is 0 Å². The third-order valence-electron chi connectivity index (χ3n) is 5.11. The fourth-order valence-corrected chi connectivity index (χ4v) is 3.59. The van der Waals surface area contributed by atoms with E-state index in [2.05, 4.69) is 25.8 Å². The van der Waals surface area contributed by atoms with E-state index in [0.717, 1.165) is 32.2 Å². The Morgan fingerprint density at radius 3 is 2.58 bits per heavy atom. The number of hydrogen-bond donors (Lipinski definition) is 1. The van der Waals surface area contributed by atoms with Crippen LogP contribution < -0.4 is 5.73 Å². The molecule has 3 heteroatoms. The summed E-state index contributed by atoms with van der Waals surface area (Å²) in [6.45, 7) is 8.38. The molecule has 2 saturated carbocycles. The molecule has 0 amide bonds. The molecule has 0 aliphatic heterocycles. The summed E-state index contributed by atoms with van der Waals surface area (Å²) in [5.41, 5.74) is 6.77. The van der Waals surface area contributed by atoms with E-state index in [0.29, 0.717) is 5.41 Å². The highest BCUT2D eigenvalue weighted by atomic mass is 16.5. The Morgan fingerprint density at radius 1 is 1.26 bits per heavy atom. The summed E-state index contributed by atoms with van der Waals surface area (Å²) in [6.07, 6.45) is 7.84. The largest absolute Gasteiger partial charge is 0.380 e. The fourth-order valence-electron chi connectivity index (χ4n) is 3.59. The number of likely N-dealkylation sites (N-methyl/N-ethyl adjacent to an activating group) is 1. The predicted molar refractivity (Wildman–Crippen MR) is 80.2 cm³/mol. The second kappa shape index (κ2) is 6.11. The van der Waals surface area contributed by atoms with Gasteiger partial charge in [0.1, 0.15) is 0 Å². The summed E-state index contributed by atoms with van der Waals surface area (Å²) in [6, 6.07) is 0. The molecular formula is C16H32N2O.